The quantitative estimate of drug-likeness (QED) is 0.270. The van der Waals surface area contributed by atoms with Crippen molar-refractivity contribution in [2.24, 2.45) is 4.99 Å². The van der Waals surface area contributed by atoms with Gasteiger partial charge in [0.15, 0.2) is 5.96 Å². The Morgan fingerprint density at radius 3 is 2.62 bits per heavy atom. The first kappa shape index (κ1) is 24.2. The van der Waals surface area contributed by atoms with Gasteiger partial charge in [0, 0.05) is 50.8 Å². The molecule has 0 spiro atoms. The van der Waals surface area contributed by atoms with Crippen LogP contribution < -0.4 is 10.6 Å². The van der Waals surface area contributed by atoms with Crippen molar-refractivity contribution in [2.75, 3.05) is 19.6 Å². The van der Waals surface area contributed by atoms with Gasteiger partial charge in [-0.1, -0.05) is 30.3 Å². The Morgan fingerprint density at radius 1 is 1.09 bits per heavy atom. The average molecular weight is 545 g/mol. The Hall–Kier alpha value is -2.46. The topological polar surface area (TPSA) is 70.4 Å². The summed E-state index contributed by atoms with van der Waals surface area (Å²) in [5.74, 6) is 1.74. The molecule has 1 aliphatic rings. The highest BCUT2D eigenvalue weighted by Crippen LogP contribution is 2.14. The number of aliphatic imine (C=N–C) groups is 1. The van der Waals surface area contributed by atoms with Gasteiger partial charge in [-0.05, 0) is 43.0 Å². The fourth-order valence-corrected chi connectivity index (χ4v) is 3.86. The fraction of sp³-hybridized carbons (Fsp3) is 0.375. The predicted octanol–water partition coefficient (Wildman–Crippen LogP) is 3.61. The lowest BCUT2D eigenvalue weighted by molar-refractivity contribution is 0.198. The number of benzene rings is 1. The van der Waals surface area contributed by atoms with Crippen LogP contribution in [0.3, 0.4) is 0 Å². The van der Waals surface area contributed by atoms with E-state index >= 15 is 0 Å². The van der Waals surface area contributed by atoms with Crippen molar-refractivity contribution in [3.63, 3.8) is 0 Å². The summed E-state index contributed by atoms with van der Waals surface area (Å²) in [4.78, 5) is 15.9. The number of halogens is 1. The number of pyridine rings is 1. The minimum atomic E-state index is 0. The molecule has 3 heterocycles. The van der Waals surface area contributed by atoms with Crippen LogP contribution in [0.4, 0.5) is 0 Å². The number of imidazole rings is 1. The van der Waals surface area contributed by atoms with Crippen molar-refractivity contribution >= 4 is 29.9 Å². The van der Waals surface area contributed by atoms with Gasteiger partial charge in [-0.15, -0.1) is 24.0 Å². The first-order valence-corrected chi connectivity index (χ1v) is 11.0. The maximum atomic E-state index is 4.82. The predicted molar refractivity (Wildman–Crippen MR) is 139 cm³/mol. The monoisotopic (exact) mass is 545 g/mol. The number of hydrogen-bond donors (Lipinski definition) is 2. The summed E-state index contributed by atoms with van der Waals surface area (Å²) in [5, 5.41) is 7.02. The molecular formula is C24H32IN7. The molecule has 0 bridgehead atoms. The number of piperidine rings is 1. The number of guanidine groups is 1. The van der Waals surface area contributed by atoms with E-state index in [9.17, 15) is 0 Å². The second kappa shape index (κ2) is 12.5. The molecule has 1 saturated heterocycles. The van der Waals surface area contributed by atoms with Gasteiger partial charge < -0.3 is 10.6 Å². The second-order valence-corrected chi connectivity index (χ2v) is 7.87. The lowest BCUT2D eigenvalue weighted by atomic mass is 10.0. The number of nitrogens with one attached hydrogen (secondary N) is 2. The molecule has 1 aromatic carbocycles. The van der Waals surface area contributed by atoms with Gasteiger partial charge in [-0.25, -0.2) is 15.0 Å². The molecule has 1 aliphatic heterocycles. The number of nitrogens with zero attached hydrogens (tertiary/aromatic N) is 5. The number of likely N-dealkylation sites (tertiary alicyclic amines) is 1. The smallest absolute Gasteiger partial charge is 0.191 e. The van der Waals surface area contributed by atoms with Crippen molar-refractivity contribution in [3.05, 3.63) is 78.5 Å². The number of aromatic nitrogens is 3. The Bertz CT molecular complexity index is 951. The van der Waals surface area contributed by atoms with Crippen LogP contribution in [0.2, 0.25) is 0 Å². The Balaban J connectivity index is 0.00000289. The Labute approximate surface area is 207 Å². The minimum Gasteiger partial charge on any atom is -0.357 e. The molecule has 2 aromatic heterocycles. The van der Waals surface area contributed by atoms with Gasteiger partial charge in [0.25, 0.3) is 0 Å². The van der Waals surface area contributed by atoms with E-state index in [1.165, 1.54) is 5.56 Å². The molecule has 170 valence electrons. The summed E-state index contributed by atoms with van der Waals surface area (Å²) < 4.78 is 1.90. The number of rotatable bonds is 7. The van der Waals surface area contributed by atoms with Gasteiger partial charge in [0.2, 0.25) is 0 Å². The molecule has 2 N–H and O–H groups in total. The largest absolute Gasteiger partial charge is 0.357 e. The first-order valence-electron chi connectivity index (χ1n) is 11.0. The van der Waals surface area contributed by atoms with Gasteiger partial charge in [-0.2, -0.15) is 0 Å². The van der Waals surface area contributed by atoms with Crippen LogP contribution in [0.15, 0.2) is 72.4 Å². The van der Waals surface area contributed by atoms with Crippen LogP contribution in [0.1, 0.15) is 30.9 Å². The van der Waals surface area contributed by atoms with E-state index in [2.05, 4.69) is 68.8 Å². The van der Waals surface area contributed by atoms with E-state index in [0.29, 0.717) is 12.6 Å². The molecular weight excluding hydrogens is 513 g/mol. The third-order valence-electron chi connectivity index (χ3n) is 5.52. The number of hydrogen-bond acceptors (Lipinski definition) is 4. The molecule has 0 saturated carbocycles. The van der Waals surface area contributed by atoms with Crippen molar-refractivity contribution in [2.45, 2.75) is 38.9 Å². The molecule has 0 atom stereocenters. The summed E-state index contributed by atoms with van der Waals surface area (Å²) in [5.41, 5.74) is 2.50. The first-order chi connectivity index (χ1) is 15.3. The third kappa shape index (κ3) is 7.03. The van der Waals surface area contributed by atoms with Crippen molar-refractivity contribution < 1.29 is 0 Å². The summed E-state index contributed by atoms with van der Waals surface area (Å²) >= 11 is 0. The van der Waals surface area contributed by atoms with E-state index in [1.807, 2.05) is 23.0 Å². The van der Waals surface area contributed by atoms with E-state index in [1.54, 1.807) is 12.5 Å². The lowest BCUT2D eigenvalue weighted by Gasteiger charge is -2.33. The average Bonchev–Trinajstić information content (AvgIpc) is 3.35. The fourth-order valence-electron chi connectivity index (χ4n) is 3.86. The Kier molecular flexibility index (Phi) is 9.48. The van der Waals surface area contributed by atoms with Crippen molar-refractivity contribution in [1.29, 1.82) is 0 Å². The molecule has 8 heteroatoms. The van der Waals surface area contributed by atoms with Crippen LogP contribution in [0.5, 0.6) is 0 Å². The zero-order valence-electron chi connectivity index (χ0n) is 18.5. The van der Waals surface area contributed by atoms with Gasteiger partial charge in [-0.3, -0.25) is 9.47 Å². The van der Waals surface area contributed by atoms with Crippen LogP contribution in [0, 0.1) is 0 Å². The van der Waals surface area contributed by atoms with Crippen LogP contribution in [0.25, 0.3) is 5.82 Å². The van der Waals surface area contributed by atoms with Gasteiger partial charge in [0.05, 0.1) is 6.54 Å². The van der Waals surface area contributed by atoms with E-state index in [0.717, 1.165) is 56.4 Å². The van der Waals surface area contributed by atoms with Crippen molar-refractivity contribution in [3.8, 4) is 5.82 Å². The summed E-state index contributed by atoms with van der Waals surface area (Å²) in [6, 6.07) is 15.2. The summed E-state index contributed by atoms with van der Waals surface area (Å²) in [6.45, 7) is 6.78. The zero-order valence-corrected chi connectivity index (χ0v) is 20.9. The normalized spacial score (nSPS) is 15.2. The minimum absolute atomic E-state index is 0. The zero-order chi connectivity index (χ0) is 21.3. The Morgan fingerprint density at radius 2 is 1.91 bits per heavy atom. The highest BCUT2D eigenvalue weighted by atomic mass is 127. The molecule has 0 amide bonds. The second-order valence-electron chi connectivity index (χ2n) is 7.87. The molecule has 4 rings (SSSR count). The van der Waals surface area contributed by atoms with E-state index in [-0.39, 0.29) is 24.0 Å². The molecule has 7 nitrogen and oxygen atoms in total. The summed E-state index contributed by atoms with van der Waals surface area (Å²) in [7, 11) is 0. The standard InChI is InChI=1S/C24H31N7.HI/c1-2-26-24(28-17-21-8-11-27-23(16-21)31-15-12-25-19-31)29-22-9-13-30(14-10-22)18-20-6-4-3-5-7-20;/h3-8,11-12,15-16,19,22H,2,9-10,13-14,17-18H2,1H3,(H2,26,28,29);1H. The molecule has 3 aromatic rings. The van der Waals surface area contributed by atoms with Gasteiger partial charge >= 0.3 is 0 Å². The van der Waals surface area contributed by atoms with Crippen LogP contribution in [-0.2, 0) is 13.1 Å². The highest BCUT2D eigenvalue weighted by Gasteiger charge is 2.20. The maximum absolute atomic E-state index is 4.82. The highest BCUT2D eigenvalue weighted by molar-refractivity contribution is 14.0. The molecule has 0 unspecified atom stereocenters. The SMILES string of the molecule is CCNC(=NCc1ccnc(-n2ccnc2)c1)NC1CCN(Cc2ccccc2)CC1.I. The van der Waals surface area contributed by atoms with Crippen molar-refractivity contribution in [1.82, 2.24) is 30.1 Å². The van der Waals surface area contributed by atoms with Gasteiger partial charge in [0.1, 0.15) is 12.1 Å². The molecule has 0 radical (unpaired) electrons. The van der Waals surface area contributed by atoms with Crippen LogP contribution >= 0.6 is 24.0 Å². The molecule has 0 aliphatic carbocycles. The van der Waals surface area contributed by atoms with Crippen LogP contribution in [-0.4, -0.2) is 51.1 Å². The van der Waals surface area contributed by atoms with E-state index in [4.69, 9.17) is 4.99 Å². The lowest BCUT2D eigenvalue weighted by Crippen LogP contribution is -2.48. The molecule has 1 fully saturated rings. The maximum Gasteiger partial charge on any atom is 0.191 e. The van der Waals surface area contributed by atoms with E-state index < -0.39 is 0 Å². The third-order valence-corrected chi connectivity index (χ3v) is 5.52. The molecule has 32 heavy (non-hydrogen) atoms. The summed E-state index contributed by atoms with van der Waals surface area (Å²) in [6.07, 6.45) is 9.47.